The van der Waals surface area contributed by atoms with Gasteiger partial charge in [-0.1, -0.05) is 12.2 Å². The van der Waals surface area contributed by atoms with Gasteiger partial charge in [0.25, 0.3) is 0 Å². The van der Waals surface area contributed by atoms with E-state index in [1.165, 1.54) is 11.0 Å². The van der Waals surface area contributed by atoms with Crippen LogP contribution in [0.15, 0.2) is 45.6 Å². The Labute approximate surface area is 155 Å². The summed E-state index contributed by atoms with van der Waals surface area (Å²) in [5, 5.41) is 0.735. The van der Waals surface area contributed by atoms with Crippen molar-refractivity contribution in [2.45, 2.75) is 19.4 Å². The third kappa shape index (κ3) is 2.33. The summed E-state index contributed by atoms with van der Waals surface area (Å²) in [6, 6.07) is 6.52. The molecule has 0 unspecified atom stereocenters. The van der Waals surface area contributed by atoms with E-state index >= 15 is 0 Å². The number of ether oxygens (including phenoxy) is 1. The lowest BCUT2D eigenvalue weighted by atomic mass is 9.63. The summed E-state index contributed by atoms with van der Waals surface area (Å²) in [5.41, 5.74) is 1.04. The Hall–Kier alpha value is -2.73. The SMILES string of the molecule is COCc1cc(=O)oc2cc(N3C(=O)[C@@H]4[C@H](C3=O)[C@@H]3C=C[C@H]4CC3)ccc12. The number of imide groups is 1. The van der Waals surface area contributed by atoms with Gasteiger partial charge in [0.1, 0.15) is 5.58 Å². The molecule has 0 radical (unpaired) electrons. The molecule has 1 aliphatic heterocycles. The van der Waals surface area contributed by atoms with Crippen LogP contribution in [0.1, 0.15) is 18.4 Å². The predicted molar refractivity (Wildman–Crippen MR) is 98.0 cm³/mol. The standard InChI is InChI=1S/C21H19NO5/c1-26-10-13-8-17(23)27-16-9-14(6-7-15(13)16)22-20(24)18-11-2-3-12(5-4-11)19(18)21(22)25/h2-3,6-9,11-12,18-19H,4-5,10H2,1H3/t11-,12+,18-,19+. The fraction of sp³-hybridized carbons (Fsp3) is 0.381. The number of hydrogen-bond acceptors (Lipinski definition) is 5. The first-order valence-corrected chi connectivity index (χ1v) is 9.20. The summed E-state index contributed by atoms with van der Waals surface area (Å²) >= 11 is 0. The molecule has 1 aromatic heterocycles. The van der Waals surface area contributed by atoms with Gasteiger partial charge in [0.2, 0.25) is 11.8 Å². The number of allylic oxidation sites excluding steroid dienone is 2. The molecule has 2 heterocycles. The Morgan fingerprint density at radius 3 is 2.30 bits per heavy atom. The van der Waals surface area contributed by atoms with Gasteiger partial charge in [-0.3, -0.25) is 9.59 Å². The fourth-order valence-corrected chi connectivity index (χ4v) is 4.96. The smallest absolute Gasteiger partial charge is 0.336 e. The van der Waals surface area contributed by atoms with E-state index in [-0.39, 0.29) is 42.1 Å². The maximum atomic E-state index is 13.1. The predicted octanol–water partition coefficient (Wildman–Crippen LogP) is 2.64. The van der Waals surface area contributed by atoms with Gasteiger partial charge in [0.05, 0.1) is 24.1 Å². The van der Waals surface area contributed by atoms with Crippen molar-refractivity contribution in [3.05, 3.63) is 52.4 Å². The monoisotopic (exact) mass is 365 g/mol. The van der Waals surface area contributed by atoms with Gasteiger partial charge in [0, 0.05) is 24.6 Å². The molecule has 6 nitrogen and oxygen atoms in total. The van der Waals surface area contributed by atoms with E-state index in [2.05, 4.69) is 12.2 Å². The first-order valence-electron chi connectivity index (χ1n) is 9.20. The number of carbonyl (C=O) groups is 2. The van der Waals surface area contributed by atoms with Crippen molar-refractivity contribution in [1.82, 2.24) is 0 Å². The minimum atomic E-state index is -0.485. The third-order valence-electron chi connectivity index (χ3n) is 6.13. The number of rotatable bonds is 3. The van der Waals surface area contributed by atoms with Crippen molar-refractivity contribution in [3.63, 3.8) is 0 Å². The van der Waals surface area contributed by atoms with Crippen molar-refractivity contribution >= 4 is 28.5 Å². The molecule has 138 valence electrons. The summed E-state index contributed by atoms with van der Waals surface area (Å²) in [5.74, 6) is -0.508. The number of amides is 2. The normalized spacial score (nSPS) is 29.0. The molecule has 0 N–H and O–H groups in total. The highest BCUT2D eigenvalue weighted by atomic mass is 16.5. The molecule has 1 aromatic carbocycles. The number of fused-ring (bicyclic) bond motifs is 2. The van der Waals surface area contributed by atoms with Gasteiger partial charge in [-0.2, -0.15) is 0 Å². The van der Waals surface area contributed by atoms with Crippen LogP contribution in [0.3, 0.4) is 0 Å². The van der Waals surface area contributed by atoms with Crippen LogP contribution in [0.25, 0.3) is 11.0 Å². The molecule has 2 amide bonds. The van der Waals surface area contributed by atoms with E-state index in [1.807, 2.05) is 0 Å². The first kappa shape index (κ1) is 16.4. The topological polar surface area (TPSA) is 76.8 Å². The highest BCUT2D eigenvalue weighted by Crippen LogP contribution is 2.50. The van der Waals surface area contributed by atoms with Crippen LogP contribution in [0.4, 0.5) is 5.69 Å². The lowest BCUT2D eigenvalue weighted by molar-refractivity contribution is -0.124. The van der Waals surface area contributed by atoms with E-state index in [9.17, 15) is 14.4 Å². The summed E-state index contributed by atoms with van der Waals surface area (Å²) < 4.78 is 10.5. The zero-order chi connectivity index (χ0) is 18.7. The minimum Gasteiger partial charge on any atom is -0.423 e. The number of hydrogen-bond donors (Lipinski definition) is 0. The van der Waals surface area contributed by atoms with E-state index in [4.69, 9.17) is 9.15 Å². The average Bonchev–Trinajstić information content (AvgIpc) is 2.95. The summed E-state index contributed by atoms with van der Waals surface area (Å²) in [6.07, 6.45) is 6.12. The summed E-state index contributed by atoms with van der Waals surface area (Å²) in [6.45, 7) is 0.280. The van der Waals surface area contributed by atoms with Gasteiger partial charge < -0.3 is 9.15 Å². The number of methoxy groups -OCH3 is 1. The molecule has 3 aliphatic carbocycles. The fourth-order valence-electron chi connectivity index (χ4n) is 4.96. The minimum absolute atomic E-state index is 0.140. The van der Waals surface area contributed by atoms with Crippen LogP contribution in [0, 0.1) is 23.7 Å². The highest BCUT2D eigenvalue weighted by Gasteiger charge is 2.56. The highest BCUT2D eigenvalue weighted by molar-refractivity contribution is 6.23. The van der Waals surface area contributed by atoms with Crippen molar-refractivity contribution in [1.29, 1.82) is 0 Å². The lowest BCUT2D eigenvalue weighted by Crippen LogP contribution is -2.38. The maximum absolute atomic E-state index is 13.1. The molecule has 27 heavy (non-hydrogen) atoms. The summed E-state index contributed by atoms with van der Waals surface area (Å²) in [7, 11) is 1.56. The van der Waals surface area contributed by atoms with Crippen LogP contribution in [-0.4, -0.2) is 18.9 Å². The van der Waals surface area contributed by atoms with Crippen molar-refractivity contribution in [2.75, 3.05) is 12.0 Å². The molecule has 4 aliphatic rings. The molecule has 2 bridgehead atoms. The molecule has 4 atom stereocenters. The average molecular weight is 365 g/mol. The van der Waals surface area contributed by atoms with E-state index < -0.39 is 5.63 Å². The molecule has 0 spiro atoms. The molecule has 1 saturated heterocycles. The summed E-state index contributed by atoms with van der Waals surface area (Å²) in [4.78, 5) is 39.3. The Morgan fingerprint density at radius 2 is 1.70 bits per heavy atom. The lowest BCUT2D eigenvalue weighted by Gasteiger charge is -2.38. The number of benzene rings is 1. The quantitative estimate of drug-likeness (QED) is 0.475. The van der Waals surface area contributed by atoms with Crippen molar-refractivity contribution in [2.24, 2.45) is 23.7 Å². The van der Waals surface area contributed by atoms with Crippen LogP contribution in [0.5, 0.6) is 0 Å². The van der Waals surface area contributed by atoms with Gasteiger partial charge >= 0.3 is 5.63 Å². The zero-order valence-corrected chi connectivity index (χ0v) is 14.9. The molecule has 1 saturated carbocycles. The molecule has 2 fully saturated rings. The third-order valence-corrected chi connectivity index (χ3v) is 6.13. The van der Waals surface area contributed by atoms with Crippen molar-refractivity contribution < 1.29 is 18.7 Å². The first-order chi connectivity index (χ1) is 13.1. The Balaban J connectivity index is 1.59. The van der Waals surface area contributed by atoms with E-state index in [0.29, 0.717) is 16.8 Å². The Morgan fingerprint density at radius 1 is 1.04 bits per heavy atom. The maximum Gasteiger partial charge on any atom is 0.336 e. The van der Waals surface area contributed by atoms with Crippen LogP contribution in [0.2, 0.25) is 0 Å². The number of carbonyl (C=O) groups excluding carboxylic acids is 2. The number of nitrogens with zero attached hydrogens (tertiary/aromatic N) is 1. The number of anilines is 1. The molecule has 6 rings (SSSR count). The van der Waals surface area contributed by atoms with Gasteiger partial charge in [-0.15, -0.1) is 0 Å². The van der Waals surface area contributed by atoms with Crippen LogP contribution < -0.4 is 10.5 Å². The van der Waals surface area contributed by atoms with Gasteiger partial charge in [0.15, 0.2) is 0 Å². The second-order valence-electron chi connectivity index (χ2n) is 7.56. The molecule has 6 heteroatoms. The second-order valence-corrected chi connectivity index (χ2v) is 7.56. The van der Waals surface area contributed by atoms with Crippen molar-refractivity contribution in [3.8, 4) is 0 Å². The van der Waals surface area contributed by atoms with Crippen LogP contribution >= 0.6 is 0 Å². The van der Waals surface area contributed by atoms with Gasteiger partial charge in [-0.05, 0) is 42.4 Å². The molecule has 2 aromatic rings. The van der Waals surface area contributed by atoms with E-state index in [0.717, 1.165) is 18.2 Å². The Bertz CT molecular complexity index is 1020. The van der Waals surface area contributed by atoms with E-state index in [1.54, 1.807) is 25.3 Å². The molecular formula is C21H19NO5. The van der Waals surface area contributed by atoms with Gasteiger partial charge in [-0.25, -0.2) is 9.69 Å². The second kappa shape index (κ2) is 5.89. The van der Waals surface area contributed by atoms with Crippen LogP contribution in [-0.2, 0) is 20.9 Å². The Kier molecular flexibility index (Phi) is 3.59. The largest absolute Gasteiger partial charge is 0.423 e. The zero-order valence-electron chi connectivity index (χ0n) is 14.9. The molecular weight excluding hydrogens is 346 g/mol.